The van der Waals surface area contributed by atoms with Crippen LogP contribution in [0.1, 0.15) is 54.4 Å². The van der Waals surface area contributed by atoms with Gasteiger partial charge in [-0.25, -0.2) is 0 Å². The number of non-ortho nitro benzene ring substituents is 1. The third-order valence-corrected chi connectivity index (χ3v) is 6.75. The van der Waals surface area contributed by atoms with Crippen LogP contribution in [0.2, 0.25) is 0 Å². The summed E-state index contributed by atoms with van der Waals surface area (Å²) in [6, 6.07) is 14.6. The molecule has 0 spiro atoms. The van der Waals surface area contributed by atoms with E-state index in [0.29, 0.717) is 44.3 Å². The highest BCUT2D eigenvalue weighted by atomic mass is 16.6. The normalized spacial score (nSPS) is 16.8. The molecular formula is C26H32N4O4. The predicted octanol–water partition coefficient (Wildman–Crippen LogP) is 3.94. The van der Waals surface area contributed by atoms with Gasteiger partial charge in [-0.1, -0.05) is 30.3 Å². The first-order valence-electron chi connectivity index (χ1n) is 12.2. The van der Waals surface area contributed by atoms with Gasteiger partial charge in [-0.3, -0.25) is 19.7 Å². The van der Waals surface area contributed by atoms with Gasteiger partial charge in [-0.2, -0.15) is 0 Å². The number of anilines is 1. The van der Waals surface area contributed by atoms with E-state index in [2.05, 4.69) is 10.2 Å². The molecule has 8 nitrogen and oxygen atoms in total. The maximum absolute atomic E-state index is 13.4. The molecule has 0 bridgehead atoms. The van der Waals surface area contributed by atoms with Crippen LogP contribution in [-0.4, -0.2) is 53.9 Å². The number of nitrogens with one attached hydrogen (secondary N) is 1. The average Bonchev–Trinajstić information content (AvgIpc) is 2.88. The predicted molar refractivity (Wildman–Crippen MR) is 131 cm³/mol. The molecule has 1 N–H and O–H groups in total. The van der Waals surface area contributed by atoms with Gasteiger partial charge in [0, 0.05) is 50.8 Å². The SMILES string of the molecule is O=C(CCc1ccccc1)NC1CCN(C(=O)c2cc([N+](=O)[O-])ccc2N2CCCCC2)CC1. The van der Waals surface area contributed by atoms with Crippen LogP contribution in [0.5, 0.6) is 0 Å². The minimum Gasteiger partial charge on any atom is -0.371 e. The first kappa shape index (κ1) is 23.7. The summed E-state index contributed by atoms with van der Waals surface area (Å²) in [4.78, 5) is 40.6. The molecule has 2 aromatic rings. The van der Waals surface area contributed by atoms with Crippen LogP contribution >= 0.6 is 0 Å². The van der Waals surface area contributed by atoms with Crippen molar-refractivity contribution in [3.63, 3.8) is 0 Å². The second-order valence-corrected chi connectivity index (χ2v) is 9.13. The number of hydrogen-bond acceptors (Lipinski definition) is 5. The van der Waals surface area contributed by atoms with Crippen molar-refractivity contribution in [2.45, 2.75) is 51.0 Å². The fourth-order valence-corrected chi connectivity index (χ4v) is 4.82. The van der Waals surface area contributed by atoms with Gasteiger partial charge < -0.3 is 15.1 Å². The van der Waals surface area contributed by atoms with E-state index in [0.717, 1.165) is 43.6 Å². The van der Waals surface area contributed by atoms with E-state index in [-0.39, 0.29) is 23.5 Å². The summed E-state index contributed by atoms with van der Waals surface area (Å²) in [5.41, 5.74) is 2.26. The van der Waals surface area contributed by atoms with Crippen molar-refractivity contribution in [3.8, 4) is 0 Å². The Kier molecular flexibility index (Phi) is 7.77. The fraction of sp³-hybridized carbons (Fsp3) is 0.462. The van der Waals surface area contributed by atoms with E-state index in [9.17, 15) is 19.7 Å². The number of hydrogen-bond donors (Lipinski definition) is 1. The quantitative estimate of drug-likeness (QED) is 0.495. The number of aryl methyl sites for hydroxylation is 1. The number of carbonyl (C=O) groups excluding carboxylic acids is 2. The number of carbonyl (C=O) groups is 2. The Morgan fingerprint density at radius 1 is 0.971 bits per heavy atom. The molecule has 0 saturated carbocycles. The molecule has 34 heavy (non-hydrogen) atoms. The number of likely N-dealkylation sites (tertiary alicyclic amines) is 1. The van der Waals surface area contributed by atoms with Gasteiger partial charge in [0.25, 0.3) is 11.6 Å². The lowest BCUT2D eigenvalue weighted by Gasteiger charge is -2.34. The van der Waals surface area contributed by atoms with Crippen molar-refractivity contribution in [1.29, 1.82) is 0 Å². The van der Waals surface area contributed by atoms with E-state index in [4.69, 9.17) is 0 Å². The second-order valence-electron chi connectivity index (χ2n) is 9.13. The molecule has 2 fully saturated rings. The zero-order valence-electron chi connectivity index (χ0n) is 19.4. The van der Waals surface area contributed by atoms with E-state index < -0.39 is 4.92 Å². The summed E-state index contributed by atoms with van der Waals surface area (Å²) in [6.45, 7) is 2.75. The number of nitro groups is 1. The minimum absolute atomic E-state index is 0.0275. The fourth-order valence-electron chi connectivity index (χ4n) is 4.82. The molecule has 2 aromatic carbocycles. The largest absolute Gasteiger partial charge is 0.371 e. The van der Waals surface area contributed by atoms with Crippen molar-refractivity contribution in [2.75, 3.05) is 31.1 Å². The summed E-state index contributed by atoms with van der Waals surface area (Å²) < 4.78 is 0. The highest BCUT2D eigenvalue weighted by Gasteiger charge is 2.28. The van der Waals surface area contributed by atoms with Gasteiger partial charge in [0.05, 0.1) is 16.2 Å². The van der Waals surface area contributed by atoms with Crippen LogP contribution in [0.4, 0.5) is 11.4 Å². The number of rotatable bonds is 7. The third-order valence-electron chi connectivity index (χ3n) is 6.75. The highest BCUT2D eigenvalue weighted by molar-refractivity contribution is 6.00. The molecule has 0 aromatic heterocycles. The van der Waals surface area contributed by atoms with E-state index in [1.54, 1.807) is 11.0 Å². The molecule has 2 amide bonds. The van der Waals surface area contributed by atoms with Crippen LogP contribution in [-0.2, 0) is 11.2 Å². The number of nitrogens with zero attached hydrogens (tertiary/aromatic N) is 3. The average molecular weight is 465 g/mol. The lowest BCUT2D eigenvalue weighted by Crippen LogP contribution is -2.47. The highest BCUT2D eigenvalue weighted by Crippen LogP contribution is 2.30. The molecule has 0 aliphatic carbocycles. The number of piperidine rings is 2. The third kappa shape index (κ3) is 5.92. The molecule has 0 unspecified atom stereocenters. The van der Waals surface area contributed by atoms with Crippen LogP contribution in [0.3, 0.4) is 0 Å². The molecule has 2 heterocycles. The van der Waals surface area contributed by atoms with Crippen LogP contribution < -0.4 is 10.2 Å². The van der Waals surface area contributed by atoms with Crippen molar-refractivity contribution >= 4 is 23.2 Å². The topological polar surface area (TPSA) is 95.8 Å². The Labute approximate surface area is 200 Å². The van der Waals surface area contributed by atoms with Crippen molar-refractivity contribution in [1.82, 2.24) is 10.2 Å². The molecule has 8 heteroatoms. The van der Waals surface area contributed by atoms with E-state index in [1.165, 1.54) is 12.1 Å². The van der Waals surface area contributed by atoms with Crippen LogP contribution in [0.25, 0.3) is 0 Å². The zero-order chi connectivity index (χ0) is 23.9. The first-order valence-corrected chi connectivity index (χ1v) is 12.2. The van der Waals surface area contributed by atoms with Crippen molar-refractivity contribution in [2.24, 2.45) is 0 Å². The number of nitro benzene ring substituents is 1. The Bertz CT molecular complexity index is 1010. The van der Waals surface area contributed by atoms with Crippen LogP contribution in [0.15, 0.2) is 48.5 Å². The summed E-state index contributed by atoms with van der Waals surface area (Å²) >= 11 is 0. The van der Waals surface area contributed by atoms with Crippen molar-refractivity contribution < 1.29 is 14.5 Å². The van der Waals surface area contributed by atoms with Gasteiger partial charge >= 0.3 is 0 Å². The maximum atomic E-state index is 13.4. The smallest absolute Gasteiger partial charge is 0.270 e. The van der Waals surface area contributed by atoms with Gasteiger partial charge in [0.2, 0.25) is 5.91 Å². The molecule has 0 radical (unpaired) electrons. The molecule has 0 atom stereocenters. The first-order chi connectivity index (χ1) is 16.5. The number of amides is 2. The Hall–Kier alpha value is -3.42. The molecular weight excluding hydrogens is 432 g/mol. The lowest BCUT2D eigenvalue weighted by molar-refractivity contribution is -0.384. The molecule has 2 aliphatic rings. The van der Waals surface area contributed by atoms with Crippen molar-refractivity contribution in [3.05, 3.63) is 69.8 Å². The van der Waals surface area contributed by atoms with E-state index in [1.807, 2.05) is 30.3 Å². The minimum atomic E-state index is -0.450. The summed E-state index contributed by atoms with van der Waals surface area (Å²) in [5.74, 6) is -0.141. The monoisotopic (exact) mass is 464 g/mol. The van der Waals surface area contributed by atoms with Gasteiger partial charge in [-0.15, -0.1) is 0 Å². The number of benzene rings is 2. The Morgan fingerprint density at radius 2 is 1.68 bits per heavy atom. The lowest BCUT2D eigenvalue weighted by atomic mass is 10.0. The molecule has 4 rings (SSSR count). The summed E-state index contributed by atoms with van der Waals surface area (Å²) in [5, 5.41) is 14.5. The van der Waals surface area contributed by atoms with Gasteiger partial charge in [0.15, 0.2) is 0 Å². The van der Waals surface area contributed by atoms with Gasteiger partial charge in [0.1, 0.15) is 0 Å². The Morgan fingerprint density at radius 3 is 2.35 bits per heavy atom. The Balaban J connectivity index is 1.35. The molecule has 2 saturated heterocycles. The summed E-state index contributed by atoms with van der Waals surface area (Å²) in [6.07, 6.45) is 5.77. The standard InChI is InChI=1S/C26H32N4O4/c31-25(12-9-20-7-3-1-4-8-20)27-21-13-17-29(18-14-21)26(32)23-19-22(30(33)34)10-11-24(23)28-15-5-2-6-16-28/h1,3-4,7-8,10-11,19,21H,2,5-6,9,12-18H2,(H,27,31). The molecule has 2 aliphatic heterocycles. The zero-order valence-corrected chi connectivity index (χ0v) is 19.4. The molecule has 180 valence electrons. The van der Waals surface area contributed by atoms with E-state index >= 15 is 0 Å². The van der Waals surface area contributed by atoms with Gasteiger partial charge in [-0.05, 0) is 50.2 Å². The maximum Gasteiger partial charge on any atom is 0.270 e. The van der Waals surface area contributed by atoms with Crippen LogP contribution in [0, 0.1) is 10.1 Å². The second kappa shape index (κ2) is 11.1. The summed E-state index contributed by atoms with van der Waals surface area (Å²) in [7, 11) is 0.